The number of nitrogens with zero attached hydrogens (tertiary/aromatic N) is 2. The fourth-order valence-electron chi connectivity index (χ4n) is 3.56. The third-order valence-electron chi connectivity index (χ3n) is 4.67. The van der Waals surface area contributed by atoms with Crippen LogP contribution in [0, 0.1) is 0 Å². The third-order valence-corrected chi connectivity index (χ3v) is 4.67. The van der Waals surface area contributed by atoms with Crippen LogP contribution in [0.4, 0.5) is 0 Å². The summed E-state index contributed by atoms with van der Waals surface area (Å²) in [7, 11) is 0. The number of rotatable bonds is 2. The minimum atomic E-state index is -0.249. The molecule has 3 aliphatic rings. The molecule has 1 amide bonds. The van der Waals surface area contributed by atoms with Crippen LogP contribution in [0.3, 0.4) is 0 Å². The lowest BCUT2D eigenvalue weighted by atomic mass is 9.99. The molecule has 5 heteroatoms. The molecule has 2 bridgehead atoms. The summed E-state index contributed by atoms with van der Waals surface area (Å²) in [5.41, 5.74) is 0.440. The molecule has 0 radical (unpaired) electrons. The van der Waals surface area contributed by atoms with Crippen molar-refractivity contribution in [2.75, 3.05) is 0 Å². The normalized spacial score (nSPS) is 33.7. The first kappa shape index (κ1) is 11.5. The quantitative estimate of drug-likeness (QED) is 0.880. The molecule has 19 heavy (non-hydrogen) atoms. The van der Waals surface area contributed by atoms with Gasteiger partial charge in [-0.25, -0.2) is 0 Å². The molecule has 1 aromatic heterocycles. The first-order valence-electron chi connectivity index (χ1n) is 7.19. The lowest BCUT2D eigenvalue weighted by Gasteiger charge is -2.36. The third kappa shape index (κ3) is 1.87. The average molecular weight is 262 g/mol. The van der Waals surface area contributed by atoms with E-state index in [4.69, 9.17) is 4.52 Å². The molecule has 1 aromatic rings. The summed E-state index contributed by atoms with van der Waals surface area (Å²) in [6, 6.07) is 2.18. The van der Waals surface area contributed by atoms with Gasteiger partial charge in [0.05, 0.1) is 6.10 Å². The second kappa shape index (κ2) is 4.07. The van der Waals surface area contributed by atoms with E-state index in [1.165, 1.54) is 0 Å². The van der Waals surface area contributed by atoms with Gasteiger partial charge in [0.2, 0.25) is 0 Å². The van der Waals surface area contributed by atoms with Crippen LogP contribution in [0.2, 0.25) is 0 Å². The first-order valence-corrected chi connectivity index (χ1v) is 7.19. The molecule has 3 fully saturated rings. The van der Waals surface area contributed by atoms with Crippen molar-refractivity contribution in [1.29, 1.82) is 0 Å². The Balaban J connectivity index is 1.56. The fourth-order valence-corrected chi connectivity index (χ4v) is 3.56. The Morgan fingerprint density at radius 2 is 1.95 bits per heavy atom. The summed E-state index contributed by atoms with van der Waals surface area (Å²) in [5, 5.41) is 13.7. The second-order valence-corrected chi connectivity index (χ2v) is 6.11. The van der Waals surface area contributed by atoms with Crippen molar-refractivity contribution < 1.29 is 14.4 Å². The molecule has 3 heterocycles. The van der Waals surface area contributed by atoms with Crippen molar-refractivity contribution in [3.05, 3.63) is 17.5 Å². The molecule has 0 spiro atoms. The molecule has 5 nitrogen and oxygen atoms in total. The van der Waals surface area contributed by atoms with Gasteiger partial charge < -0.3 is 14.5 Å². The number of carbonyl (C=O) groups excluding carboxylic acids is 1. The van der Waals surface area contributed by atoms with Crippen LogP contribution in [-0.2, 0) is 0 Å². The summed E-state index contributed by atoms with van der Waals surface area (Å²) < 4.78 is 5.27. The molecule has 4 rings (SSSR count). The van der Waals surface area contributed by atoms with Gasteiger partial charge in [-0.15, -0.1) is 0 Å². The zero-order chi connectivity index (χ0) is 13.0. The Morgan fingerprint density at radius 3 is 2.58 bits per heavy atom. The highest BCUT2D eigenvalue weighted by Crippen LogP contribution is 2.41. The SMILES string of the molecule is O=C(c1cc(C2CC2)on1)N1C2CCC1CC(O)C2. The molecular weight excluding hydrogens is 244 g/mol. The number of aliphatic hydroxyl groups is 1. The number of carbonyl (C=O) groups is 1. The van der Waals surface area contributed by atoms with Crippen LogP contribution in [0.5, 0.6) is 0 Å². The Kier molecular flexibility index (Phi) is 2.45. The summed E-state index contributed by atoms with van der Waals surface area (Å²) >= 11 is 0. The maximum atomic E-state index is 12.5. The highest BCUT2D eigenvalue weighted by atomic mass is 16.5. The van der Waals surface area contributed by atoms with Crippen molar-refractivity contribution in [2.24, 2.45) is 0 Å². The Bertz CT molecular complexity index is 495. The van der Waals surface area contributed by atoms with Crippen LogP contribution in [0.15, 0.2) is 10.6 Å². The Labute approximate surface area is 111 Å². The standard InChI is InChI=1S/C14H18N2O3/c17-11-5-9-3-4-10(6-11)16(9)14(18)12-7-13(19-15-12)8-1-2-8/h7-11,17H,1-6H2. The largest absolute Gasteiger partial charge is 0.393 e. The highest BCUT2D eigenvalue weighted by molar-refractivity contribution is 5.93. The van der Waals surface area contributed by atoms with Crippen LogP contribution in [0.25, 0.3) is 0 Å². The van der Waals surface area contributed by atoms with Gasteiger partial charge in [0.25, 0.3) is 5.91 Å². The van der Waals surface area contributed by atoms with Gasteiger partial charge >= 0.3 is 0 Å². The van der Waals surface area contributed by atoms with Crippen molar-refractivity contribution in [3.8, 4) is 0 Å². The molecule has 0 aromatic carbocycles. The van der Waals surface area contributed by atoms with E-state index in [1.54, 1.807) is 0 Å². The van der Waals surface area contributed by atoms with Crippen molar-refractivity contribution in [2.45, 2.75) is 62.6 Å². The molecule has 2 saturated heterocycles. The van der Waals surface area contributed by atoms with E-state index >= 15 is 0 Å². The molecular formula is C14H18N2O3. The summed E-state index contributed by atoms with van der Waals surface area (Å²) in [6.45, 7) is 0. The monoisotopic (exact) mass is 262 g/mol. The van der Waals surface area contributed by atoms with Crippen LogP contribution in [0.1, 0.15) is 60.7 Å². The number of aliphatic hydroxyl groups excluding tert-OH is 1. The summed E-state index contributed by atoms with van der Waals surface area (Å²) in [5.74, 6) is 1.32. The van der Waals surface area contributed by atoms with Gasteiger partial charge in [0, 0.05) is 24.1 Å². The number of fused-ring (bicyclic) bond motifs is 2. The lowest BCUT2D eigenvalue weighted by Crippen LogP contribution is -2.48. The van der Waals surface area contributed by atoms with Crippen LogP contribution >= 0.6 is 0 Å². The van der Waals surface area contributed by atoms with Gasteiger partial charge in [0.1, 0.15) is 5.76 Å². The maximum absolute atomic E-state index is 12.5. The van der Waals surface area contributed by atoms with Crippen LogP contribution in [-0.4, -0.2) is 39.3 Å². The predicted octanol–water partition coefficient (Wildman–Crippen LogP) is 1.68. The van der Waals surface area contributed by atoms with Crippen molar-refractivity contribution in [1.82, 2.24) is 10.1 Å². The van der Waals surface area contributed by atoms with E-state index in [0.717, 1.165) is 31.4 Å². The Hall–Kier alpha value is -1.36. The van der Waals surface area contributed by atoms with Crippen LogP contribution < -0.4 is 0 Å². The average Bonchev–Trinajstić information content (AvgIpc) is 3.05. The van der Waals surface area contributed by atoms with E-state index in [1.807, 2.05) is 11.0 Å². The number of aromatic nitrogens is 1. The molecule has 2 atom stereocenters. The second-order valence-electron chi connectivity index (χ2n) is 6.11. The molecule has 2 aliphatic heterocycles. The van der Waals surface area contributed by atoms with E-state index in [9.17, 15) is 9.90 Å². The minimum Gasteiger partial charge on any atom is -0.393 e. The lowest BCUT2D eigenvalue weighted by molar-refractivity contribution is 0.0280. The molecule has 1 N–H and O–H groups in total. The van der Waals surface area contributed by atoms with Gasteiger partial charge in [-0.1, -0.05) is 5.16 Å². The van der Waals surface area contributed by atoms with E-state index in [2.05, 4.69) is 5.16 Å². The minimum absolute atomic E-state index is 0.0185. The topological polar surface area (TPSA) is 66.6 Å². The zero-order valence-electron chi connectivity index (χ0n) is 10.8. The molecule has 1 aliphatic carbocycles. The smallest absolute Gasteiger partial charge is 0.276 e. The predicted molar refractivity (Wildman–Crippen MR) is 66.7 cm³/mol. The van der Waals surface area contributed by atoms with Gasteiger partial charge in [-0.2, -0.15) is 0 Å². The number of piperidine rings is 1. The van der Waals surface area contributed by atoms with Crippen molar-refractivity contribution in [3.63, 3.8) is 0 Å². The highest BCUT2D eigenvalue weighted by Gasteiger charge is 2.44. The zero-order valence-corrected chi connectivity index (χ0v) is 10.8. The number of amides is 1. The van der Waals surface area contributed by atoms with Gasteiger partial charge in [-0.3, -0.25) is 4.79 Å². The van der Waals surface area contributed by atoms with Gasteiger partial charge in [-0.05, 0) is 38.5 Å². The van der Waals surface area contributed by atoms with E-state index in [0.29, 0.717) is 24.5 Å². The molecule has 102 valence electrons. The van der Waals surface area contributed by atoms with E-state index < -0.39 is 0 Å². The summed E-state index contributed by atoms with van der Waals surface area (Å²) in [4.78, 5) is 14.5. The number of hydrogen-bond donors (Lipinski definition) is 1. The van der Waals surface area contributed by atoms with E-state index in [-0.39, 0.29) is 24.1 Å². The molecule has 1 saturated carbocycles. The number of hydrogen-bond acceptors (Lipinski definition) is 4. The fraction of sp³-hybridized carbons (Fsp3) is 0.714. The Morgan fingerprint density at radius 1 is 1.26 bits per heavy atom. The van der Waals surface area contributed by atoms with Crippen molar-refractivity contribution >= 4 is 5.91 Å². The summed E-state index contributed by atoms with van der Waals surface area (Å²) in [6.07, 6.45) is 5.45. The molecule has 2 unspecified atom stereocenters. The first-order chi connectivity index (χ1) is 9.22. The van der Waals surface area contributed by atoms with Gasteiger partial charge in [0.15, 0.2) is 5.69 Å². The maximum Gasteiger partial charge on any atom is 0.276 e.